The molecule has 1 aromatic carbocycles. The number of hydrogen-bond acceptors (Lipinski definition) is 5. The van der Waals surface area contributed by atoms with E-state index in [1.807, 2.05) is 43.3 Å². The van der Waals surface area contributed by atoms with Gasteiger partial charge in [-0.3, -0.25) is 14.6 Å². The Bertz CT molecular complexity index is 1090. The molecule has 0 bridgehead atoms. The fourth-order valence-electron chi connectivity index (χ4n) is 3.24. The molecule has 0 fully saturated rings. The third kappa shape index (κ3) is 3.08. The smallest absolute Gasteiger partial charge is 0.325 e. The highest BCUT2D eigenvalue weighted by Gasteiger charge is 2.46. The van der Waals surface area contributed by atoms with Crippen LogP contribution < -0.4 is 15.1 Å². The maximum atomic E-state index is 12.9. The highest BCUT2D eigenvalue weighted by Crippen LogP contribution is 2.37. The molecule has 1 N–H and O–H groups in total. The minimum Gasteiger partial charge on any atom is -0.446 e. The maximum absolute atomic E-state index is 12.9. The first-order chi connectivity index (χ1) is 13.0. The van der Waals surface area contributed by atoms with Gasteiger partial charge in [0.25, 0.3) is 0 Å². The molecule has 3 aromatic rings. The van der Waals surface area contributed by atoms with Gasteiger partial charge in [0.05, 0.1) is 11.3 Å². The quantitative estimate of drug-likeness (QED) is 0.343. The third-order valence-corrected chi connectivity index (χ3v) is 5.55. The Balaban J connectivity index is 2.07. The van der Waals surface area contributed by atoms with Crippen molar-refractivity contribution in [3.05, 3.63) is 56.3 Å². The van der Waals surface area contributed by atoms with Crippen LogP contribution in [0.5, 0.6) is 0 Å². The Labute approximate surface area is 172 Å². The molecule has 7 nitrogen and oxygen atoms in total. The number of hydrogen-bond donors (Lipinski definition) is 1. The van der Waals surface area contributed by atoms with Crippen LogP contribution in [0.3, 0.4) is 0 Å². The zero-order valence-corrected chi connectivity index (χ0v) is 17.6. The van der Waals surface area contributed by atoms with Crippen LogP contribution in [0.15, 0.2) is 50.8 Å². The van der Waals surface area contributed by atoms with Crippen molar-refractivity contribution in [2.75, 3.05) is 10.7 Å². The van der Waals surface area contributed by atoms with Crippen molar-refractivity contribution >= 4 is 45.9 Å². The molecular formula is C18H16IN4O3S+. The number of nitrogens with one attached hydrogen (secondary N) is 1. The molecule has 0 spiro atoms. The topological polar surface area (TPSA) is 83.1 Å². The van der Waals surface area contributed by atoms with Gasteiger partial charge in [-0.25, -0.2) is 4.90 Å². The van der Waals surface area contributed by atoms with Gasteiger partial charge in [0.15, 0.2) is 9.53 Å². The van der Waals surface area contributed by atoms with E-state index in [9.17, 15) is 9.59 Å². The molecule has 0 saturated heterocycles. The number of H-pyrrole nitrogens is 1. The fourth-order valence-corrected chi connectivity index (χ4v) is 4.26. The van der Waals surface area contributed by atoms with Gasteiger partial charge in [-0.15, -0.1) is 0 Å². The molecule has 1 unspecified atom stereocenters. The van der Waals surface area contributed by atoms with E-state index in [2.05, 4.69) is 32.7 Å². The van der Waals surface area contributed by atoms with E-state index in [0.717, 1.165) is 5.75 Å². The van der Waals surface area contributed by atoms with Crippen molar-refractivity contribution in [2.45, 2.75) is 25.2 Å². The van der Waals surface area contributed by atoms with E-state index in [-0.39, 0.29) is 11.5 Å². The number of fused-ring (bicyclic) bond motifs is 3. The summed E-state index contributed by atoms with van der Waals surface area (Å²) in [5.74, 6) is 1.14. The van der Waals surface area contributed by atoms with E-state index >= 15 is 0 Å². The molecule has 2 aromatic heterocycles. The predicted molar refractivity (Wildman–Crippen MR) is 110 cm³/mol. The zero-order valence-electron chi connectivity index (χ0n) is 14.6. The fraction of sp³-hybridized carbons (Fsp3) is 0.222. The molecule has 0 aliphatic carbocycles. The number of amides is 1. The summed E-state index contributed by atoms with van der Waals surface area (Å²) >= 11 is 3.51. The lowest BCUT2D eigenvalue weighted by Gasteiger charge is -2.29. The number of anilines is 1. The van der Waals surface area contributed by atoms with Crippen LogP contribution in [0, 0.1) is 3.77 Å². The number of halogens is 1. The number of nitrogens with zero attached hydrogens (tertiary/aromatic N) is 3. The highest BCUT2D eigenvalue weighted by molar-refractivity contribution is 14.1. The number of furan rings is 1. The Hall–Kier alpha value is -2.14. The van der Waals surface area contributed by atoms with Crippen LogP contribution in [-0.2, 0) is 4.79 Å². The summed E-state index contributed by atoms with van der Waals surface area (Å²) in [4.78, 5) is 30.0. The van der Waals surface area contributed by atoms with E-state index in [0.29, 0.717) is 31.6 Å². The number of aromatic amines is 1. The lowest BCUT2D eigenvalue weighted by atomic mass is 10.0. The lowest BCUT2D eigenvalue weighted by molar-refractivity contribution is -0.764. The Morgan fingerprint density at radius 1 is 1.37 bits per heavy atom. The van der Waals surface area contributed by atoms with Crippen molar-refractivity contribution in [3.63, 3.8) is 0 Å². The van der Waals surface area contributed by atoms with Gasteiger partial charge in [0, 0.05) is 12.0 Å². The van der Waals surface area contributed by atoms with E-state index < -0.39 is 6.17 Å². The van der Waals surface area contributed by atoms with Gasteiger partial charge in [-0.05, 0) is 57.3 Å². The number of benzene rings is 1. The molecule has 3 heterocycles. The summed E-state index contributed by atoms with van der Waals surface area (Å²) < 4.78 is 8.12. The van der Waals surface area contributed by atoms with Gasteiger partial charge in [-0.1, -0.05) is 30.8 Å². The Morgan fingerprint density at radius 3 is 2.81 bits per heavy atom. The summed E-state index contributed by atoms with van der Waals surface area (Å²) in [5, 5.41) is 5.13. The van der Waals surface area contributed by atoms with E-state index in [4.69, 9.17) is 4.42 Å². The number of thioether (sulfide) groups is 1. The second kappa shape index (κ2) is 7.12. The predicted octanol–water partition coefficient (Wildman–Crippen LogP) is 2.95. The molecule has 1 amide bonds. The van der Waals surface area contributed by atoms with Gasteiger partial charge in [0.2, 0.25) is 11.1 Å². The van der Waals surface area contributed by atoms with Crippen LogP contribution in [0.4, 0.5) is 5.69 Å². The summed E-state index contributed by atoms with van der Waals surface area (Å²) in [5.41, 5.74) is 1.47. The van der Waals surface area contributed by atoms with E-state index in [1.165, 1.54) is 18.7 Å². The first-order valence-electron chi connectivity index (χ1n) is 8.34. The molecule has 4 rings (SSSR count). The first kappa shape index (κ1) is 18.2. The molecular weight excluding hydrogens is 479 g/mol. The van der Waals surface area contributed by atoms with Gasteiger partial charge < -0.3 is 4.42 Å². The summed E-state index contributed by atoms with van der Waals surface area (Å²) in [6.45, 7) is 3.48. The van der Waals surface area contributed by atoms with Crippen molar-refractivity contribution in [1.29, 1.82) is 0 Å². The van der Waals surface area contributed by atoms with E-state index in [1.54, 1.807) is 9.58 Å². The molecule has 1 atom stereocenters. The average Bonchev–Trinajstić information content (AvgIpc) is 3.06. The standard InChI is InChI=1S/C18H15IN4O3S/c1-3-27-18-20-16(25)15-11-6-4-5-7-12(11)22(10(2)24)17(23(15)21-18)13-8-9-14(19)26-13/h4-9,17H,3H2,1-2H3/p+1. The summed E-state index contributed by atoms with van der Waals surface area (Å²) in [6, 6.07) is 11.0. The second-order valence-electron chi connectivity index (χ2n) is 5.91. The van der Waals surface area contributed by atoms with Crippen LogP contribution in [-0.4, -0.2) is 21.7 Å². The molecule has 1 aliphatic rings. The molecule has 9 heteroatoms. The molecule has 1 aliphatic heterocycles. The Morgan fingerprint density at radius 2 is 2.15 bits per heavy atom. The van der Waals surface area contributed by atoms with Crippen molar-refractivity contribution < 1.29 is 13.9 Å². The van der Waals surface area contributed by atoms with Crippen LogP contribution in [0.1, 0.15) is 25.8 Å². The highest BCUT2D eigenvalue weighted by atomic mass is 127. The normalized spacial score (nSPS) is 15.4. The Kier molecular flexibility index (Phi) is 4.81. The molecule has 0 saturated carbocycles. The zero-order chi connectivity index (χ0) is 19.1. The second-order valence-corrected chi connectivity index (χ2v) is 8.22. The van der Waals surface area contributed by atoms with Crippen molar-refractivity contribution in [1.82, 2.24) is 10.1 Å². The number of carbonyl (C=O) groups is 1. The number of aromatic nitrogens is 3. The van der Waals surface area contributed by atoms with Gasteiger partial charge in [-0.2, -0.15) is 0 Å². The SMILES string of the molecule is CCSc1n[n+]2c(c(=O)[nH]1)-c1ccccc1N(C(C)=O)C2c1ccc(I)o1. The first-order valence-corrected chi connectivity index (χ1v) is 10.4. The largest absolute Gasteiger partial charge is 0.446 e. The van der Waals surface area contributed by atoms with Crippen LogP contribution in [0.2, 0.25) is 0 Å². The van der Waals surface area contributed by atoms with Crippen molar-refractivity contribution in [3.8, 4) is 11.3 Å². The van der Waals surface area contributed by atoms with Gasteiger partial charge in [0.1, 0.15) is 0 Å². The molecule has 138 valence electrons. The van der Waals surface area contributed by atoms with Gasteiger partial charge >= 0.3 is 17.4 Å². The lowest BCUT2D eigenvalue weighted by Crippen LogP contribution is -2.60. The summed E-state index contributed by atoms with van der Waals surface area (Å²) in [7, 11) is 0. The third-order valence-electron chi connectivity index (χ3n) is 4.23. The average molecular weight is 495 g/mol. The van der Waals surface area contributed by atoms with Crippen LogP contribution in [0.25, 0.3) is 11.3 Å². The number of rotatable bonds is 3. The minimum absolute atomic E-state index is 0.163. The minimum atomic E-state index is -0.672. The maximum Gasteiger partial charge on any atom is 0.325 e. The summed E-state index contributed by atoms with van der Waals surface area (Å²) in [6.07, 6.45) is -0.672. The molecule has 27 heavy (non-hydrogen) atoms. The van der Waals surface area contributed by atoms with Crippen LogP contribution >= 0.6 is 34.4 Å². The van der Waals surface area contributed by atoms with Crippen molar-refractivity contribution in [2.24, 2.45) is 0 Å². The molecule has 0 radical (unpaired) electrons. The monoisotopic (exact) mass is 495 g/mol. The number of carbonyl (C=O) groups excluding carboxylic acids is 1. The number of para-hydroxylation sites is 1.